The van der Waals surface area contributed by atoms with E-state index in [1.165, 1.54) is 7.11 Å². The van der Waals surface area contributed by atoms with Gasteiger partial charge in [0.1, 0.15) is 18.5 Å². The second-order valence-electron chi connectivity index (χ2n) is 9.94. The number of hydrogen-bond acceptors (Lipinski definition) is 7. The van der Waals surface area contributed by atoms with Gasteiger partial charge in [-0.25, -0.2) is 0 Å². The summed E-state index contributed by atoms with van der Waals surface area (Å²) in [6.45, 7) is 3.63. The molecule has 2 amide bonds. The average molecular weight is 655 g/mol. The highest BCUT2D eigenvalue weighted by Gasteiger charge is 2.43. The van der Waals surface area contributed by atoms with E-state index in [-0.39, 0.29) is 37.4 Å². The van der Waals surface area contributed by atoms with Crippen molar-refractivity contribution in [1.29, 1.82) is 0 Å². The number of amides is 2. The van der Waals surface area contributed by atoms with Gasteiger partial charge in [-0.2, -0.15) is 0 Å². The molecule has 1 aromatic rings. The summed E-state index contributed by atoms with van der Waals surface area (Å²) in [6, 6.07) is 2.52. The van der Waals surface area contributed by atoms with E-state index < -0.39 is 18.2 Å². The molecule has 3 rings (SSSR count). The fourth-order valence-electron chi connectivity index (χ4n) is 5.34. The molecule has 0 heterocycles. The number of carbonyl (C=O) groups is 3. The van der Waals surface area contributed by atoms with Crippen LogP contribution in [0.2, 0.25) is 0 Å². The van der Waals surface area contributed by atoms with Crippen LogP contribution in [0.15, 0.2) is 36.4 Å². The average Bonchev–Trinajstić information content (AvgIpc) is 3.46. The molecule has 0 saturated heterocycles. The lowest BCUT2D eigenvalue weighted by Gasteiger charge is -2.43. The van der Waals surface area contributed by atoms with Crippen LogP contribution in [0.5, 0.6) is 11.5 Å². The Balaban J connectivity index is 1.97. The molecule has 0 bridgehead atoms. The topological polar surface area (TPSA) is 125 Å². The Hall–Kier alpha value is -2.44. The van der Waals surface area contributed by atoms with Crippen molar-refractivity contribution in [2.24, 2.45) is 0 Å². The number of nitrogens with zero attached hydrogens (tertiary/aromatic N) is 1. The van der Waals surface area contributed by atoms with Crippen molar-refractivity contribution in [2.45, 2.75) is 82.1 Å². The van der Waals surface area contributed by atoms with Gasteiger partial charge in [-0.15, -0.1) is 6.58 Å². The number of rotatable bonds is 14. The molecular weight excluding hydrogens is 615 g/mol. The van der Waals surface area contributed by atoms with Crippen molar-refractivity contribution >= 4 is 40.7 Å². The van der Waals surface area contributed by atoms with E-state index >= 15 is 0 Å². The first kappa shape index (κ1) is 31.1. The van der Waals surface area contributed by atoms with Crippen molar-refractivity contribution in [1.82, 2.24) is 10.2 Å². The first-order valence-corrected chi connectivity index (χ1v) is 14.6. The molecule has 1 saturated carbocycles. The van der Waals surface area contributed by atoms with Crippen molar-refractivity contribution in [2.75, 3.05) is 20.3 Å². The first-order valence-electron chi connectivity index (χ1n) is 13.5. The summed E-state index contributed by atoms with van der Waals surface area (Å²) in [4.78, 5) is 39.8. The van der Waals surface area contributed by atoms with Crippen molar-refractivity contribution in [3.63, 3.8) is 0 Å². The lowest BCUT2D eigenvalue weighted by atomic mass is 9.87. The van der Waals surface area contributed by atoms with Gasteiger partial charge < -0.3 is 29.9 Å². The Labute approximate surface area is 243 Å². The number of halogens is 1. The highest BCUT2D eigenvalue weighted by molar-refractivity contribution is 14.1. The minimum atomic E-state index is -1.11. The summed E-state index contributed by atoms with van der Waals surface area (Å²) in [5.74, 6) is 0.248. The Morgan fingerprint density at radius 3 is 2.64 bits per heavy atom. The number of aldehydes is 1. The van der Waals surface area contributed by atoms with Gasteiger partial charge in [-0.3, -0.25) is 14.4 Å². The number of aliphatic hydroxyl groups excluding tert-OH is 2. The summed E-state index contributed by atoms with van der Waals surface area (Å²) in [5, 5.41) is 23.6. The highest BCUT2D eigenvalue weighted by Crippen LogP contribution is 2.38. The number of ether oxygens (including phenoxy) is 2. The molecule has 2 aliphatic carbocycles. The van der Waals surface area contributed by atoms with Gasteiger partial charge in [-0.1, -0.05) is 18.9 Å². The molecular formula is C29H39IN2O7. The van der Waals surface area contributed by atoms with Crippen LogP contribution in [-0.4, -0.2) is 77.8 Å². The van der Waals surface area contributed by atoms with E-state index in [4.69, 9.17) is 9.47 Å². The summed E-state index contributed by atoms with van der Waals surface area (Å²) < 4.78 is 12.4. The molecule has 10 heteroatoms. The number of benzene rings is 1. The van der Waals surface area contributed by atoms with E-state index in [1.54, 1.807) is 18.2 Å². The molecule has 0 aliphatic heterocycles. The summed E-state index contributed by atoms with van der Waals surface area (Å²) in [6.07, 6.45) is 8.71. The fraction of sp³-hybridized carbons (Fsp3) is 0.552. The lowest BCUT2D eigenvalue weighted by Crippen LogP contribution is -2.57. The fourth-order valence-corrected chi connectivity index (χ4v) is 6.09. The summed E-state index contributed by atoms with van der Waals surface area (Å²) >= 11 is 2.04. The quantitative estimate of drug-likeness (QED) is 0.121. The van der Waals surface area contributed by atoms with E-state index in [0.29, 0.717) is 38.9 Å². The Morgan fingerprint density at radius 1 is 1.26 bits per heavy atom. The van der Waals surface area contributed by atoms with E-state index in [1.807, 2.05) is 33.6 Å². The van der Waals surface area contributed by atoms with Gasteiger partial charge in [-0.05, 0) is 72.9 Å². The molecule has 3 unspecified atom stereocenters. The third-order valence-electron chi connectivity index (χ3n) is 7.27. The number of methoxy groups -OCH3 is 1. The Morgan fingerprint density at radius 2 is 2.00 bits per heavy atom. The van der Waals surface area contributed by atoms with Crippen LogP contribution in [0.3, 0.4) is 0 Å². The zero-order chi connectivity index (χ0) is 28.4. The van der Waals surface area contributed by atoms with E-state index in [2.05, 4.69) is 11.9 Å². The number of aliphatic hydroxyl groups is 2. The predicted octanol–water partition coefficient (Wildman–Crippen LogP) is 3.55. The Bertz CT molecular complexity index is 1050. The number of unbranched alkanes of at least 4 members (excludes halogenated alkanes) is 2. The van der Waals surface area contributed by atoms with Crippen LogP contribution in [0.1, 0.15) is 68.1 Å². The van der Waals surface area contributed by atoms with Crippen LogP contribution >= 0.6 is 22.6 Å². The lowest BCUT2D eigenvalue weighted by molar-refractivity contribution is -0.142. The monoisotopic (exact) mass is 654 g/mol. The molecule has 3 atom stereocenters. The zero-order valence-corrected chi connectivity index (χ0v) is 24.6. The molecule has 3 N–H and O–H groups in total. The molecule has 214 valence electrons. The van der Waals surface area contributed by atoms with Crippen molar-refractivity contribution in [3.8, 4) is 11.5 Å². The molecule has 0 aromatic heterocycles. The number of allylic oxidation sites excluding steroid dienone is 1. The Kier molecular flexibility index (Phi) is 12.3. The number of nitrogens with one attached hydrogen (secondary N) is 1. The van der Waals surface area contributed by atoms with Crippen molar-refractivity contribution in [3.05, 3.63) is 45.6 Å². The molecule has 0 radical (unpaired) electrons. The van der Waals surface area contributed by atoms with Crippen LogP contribution in [-0.2, 0) is 9.59 Å². The largest absolute Gasteiger partial charge is 0.493 e. The second kappa shape index (κ2) is 15.4. The maximum Gasteiger partial charge on any atom is 0.247 e. The van der Waals surface area contributed by atoms with E-state index in [0.717, 1.165) is 44.9 Å². The maximum absolute atomic E-state index is 13.6. The SMILES string of the molecule is C=CCCCCC(=O)N(C1CCCC1)C1CC(C(=O)NCCO)=CC(Oc2c(I)cc(C=O)cc2OC)C1O. The molecule has 1 fully saturated rings. The third kappa shape index (κ3) is 8.04. The standard InChI is InChI=1S/C29H39IN2O7/c1-3-4-5-6-11-26(35)32(21-9-7-8-10-21)23-16-20(29(37)31-12-13-33)17-24(27(23)36)39-28-22(30)14-19(18-34)15-25(28)38-2/h3,14-15,17-18,21,23-24,27,33,36H,1,4-13,16H2,2H3,(H,31,37). The number of carbonyl (C=O) groups excluding carboxylic acids is 3. The van der Waals surface area contributed by atoms with Gasteiger partial charge in [0.15, 0.2) is 11.5 Å². The predicted molar refractivity (Wildman–Crippen MR) is 156 cm³/mol. The number of hydrogen-bond donors (Lipinski definition) is 3. The van der Waals surface area contributed by atoms with E-state index in [9.17, 15) is 24.6 Å². The van der Waals surface area contributed by atoms with Gasteiger partial charge in [0.05, 0.1) is 23.3 Å². The van der Waals surface area contributed by atoms with Gasteiger partial charge in [0, 0.05) is 36.6 Å². The zero-order valence-electron chi connectivity index (χ0n) is 22.4. The van der Waals surface area contributed by atoms with Crippen LogP contribution in [0.4, 0.5) is 0 Å². The van der Waals surface area contributed by atoms with Crippen molar-refractivity contribution < 1.29 is 34.1 Å². The smallest absolute Gasteiger partial charge is 0.247 e. The first-order chi connectivity index (χ1) is 18.8. The summed E-state index contributed by atoms with van der Waals surface area (Å²) in [7, 11) is 1.46. The van der Waals surface area contributed by atoms with Gasteiger partial charge in [0.2, 0.25) is 11.8 Å². The normalized spacial score (nSPS) is 21.1. The third-order valence-corrected chi connectivity index (χ3v) is 8.07. The van der Waals surface area contributed by atoms with Gasteiger partial charge in [0.25, 0.3) is 0 Å². The molecule has 1 aromatic carbocycles. The van der Waals surface area contributed by atoms with Crippen LogP contribution < -0.4 is 14.8 Å². The minimum absolute atomic E-state index is 0.0152. The summed E-state index contributed by atoms with van der Waals surface area (Å²) in [5.41, 5.74) is 0.796. The van der Waals surface area contributed by atoms with Gasteiger partial charge >= 0.3 is 0 Å². The maximum atomic E-state index is 13.6. The van der Waals surface area contributed by atoms with Crippen LogP contribution in [0, 0.1) is 3.57 Å². The molecule has 2 aliphatic rings. The second-order valence-corrected chi connectivity index (χ2v) is 11.1. The molecule has 9 nitrogen and oxygen atoms in total. The molecule has 39 heavy (non-hydrogen) atoms. The molecule has 0 spiro atoms. The highest BCUT2D eigenvalue weighted by atomic mass is 127. The van der Waals surface area contributed by atoms with Crippen LogP contribution in [0.25, 0.3) is 0 Å². The minimum Gasteiger partial charge on any atom is -0.493 e.